The summed E-state index contributed by atoms with van der Waals surface area (Å²) in [4.78, 5) is 26.3. The van der Waals surface area contributed by atoms with Crippen LogP contribution in [-0.4, -0.2) is 36.9 Å². The monoisotopic (exact) mass is 421 g/mol. The van der Waals surface area contributed by atoms with E-state index in [2.05, 4.69) is 4.72 Å². The number of nitrogens with one attached hydrogen (secondary N) is 1. The highest BCUT2D eigenvalue weighted by molar-refractivity contribution is 7.89. The van der Waals surface area contributed by atoms with Crippen molar-refractivity contribution in [2.45, 2.75) is 30.8 Å². The average molecular weight is 422 g/mol. The molecule has 0 bridgehead atoms. The quantitative estimate of drug-likeness (QED) is 0.653. The summed E-state index contributed by atoms with van der Waals surface area (Å²) in [6, 6.07) is 7.83. The van der Waals surface area contributed by atoms with Crippen molar-refractivity contribution in [2.24, 2.45) is 0 Å². The molecule has 4 rings (SSSR count). The van der Waals surface area contributed by atoms with E-state index in [0.717, 1.165) is 37.3 Å². The minimum Gasteiger partial charge on any atom is -0.468 e. The fourth-order valence-corrected chi connectivity index (χ4v) is 5.25. The molecule has 1 N–H and O–H groups in total. The summed E-state index contributed by atoms with van der Waals surface area (Å²) >= 11 is 0.935. The number of nitrogens with zero attached hydrogens (tertiary/aromatic N) is 2. The first-order chi connectivity index (χ1) is 13.4. The van der Waals surface area contributed by atoms with Crippen molar-refractivity contribution < 1.29 is 17.6 Å². The maximum atomic E-state index is 12.5. The molecule has 1 aromatic carbocycles. The molecule has 0 radical (unpaired) electrons. The molecule has 1 amide bonds. The van der Waals surface area contributed by atoms with Crippen LogP contribution in [0.5, 0.6) is 0 Å². The lowest BCUT2D eigenvalue weighted by atomic mass is 10.3. The lowest BCUT2D eigenvalue weighted by Crippen LogP contribution is -2.33. The first-order valence-corrected chi connectivity index (χ1v) is 11.2. The normalized spacial score (nSPS) is 14.8. The van der Waals surface area contributed by atoms with Gasteiger partial charge in [0.2, 0.25) is 15.9 Å². The summed E-state index contributed by atoms with van der Waals surface area (Å²) in [5, 5.41) is 0. The summed E-state index contributed by atoms with van der Waals surface area (Å²) in [7, 11) is -3.76. The van der Waals surface area contributed by atoms with E-state index in [1.54, 1.807) is 23.1 Å². The van der Waals surface area contributed by atoms with Crippen molar-refractivity contribution in [2.75, 3.05) is 13.1 Å². The zero-order valence-corrected chi connectivity index (χ0v) is 16.6. The molecule has 0 spiro atoms. The van der Waals surface area contributed by atoms with E-state index in [-0.39, 0.29) is 28.8 Å². The third-order valence-corrected chi connectivity index (χ3v) is 7.06. The zero-order valence-electron chi connectivity index (χ0n) is 15.0. The van der Waals surface area contributed by atoms with Crippen LogP contribution in [0.4, 0.5) is 0 Å². The molecule has 8 nitrogen and oxygen atoms in total. The fraction of sp³-hybridized carbons (Fsp3) is 0.333. The fourth-order valence-electron chi connectivity index (χ4n) is 3.23. The topological polar surface area (TPSA) is 102 Å². The van der Waals surface area contributed by atoms with Gasteiger partial charge in [0, 0.05) is 13.1 Å². The highest BCUT2D eigenvalue weighted by Gasteiger charge is 2.21. The molecule has 0 unspecified atom stereocenters. The second kappa shape index (κ2) is 7.53. The Hall–Kier alpha value is -2.43. The van der Waals surface area contributed by atoms with Crippen LogP contribution in [0, 0.1) is 0 Å². The van der Waals surface area contributed by atoms with Crippen LogP contribution in [0.1, 0.15) is 18.6 Å². The molecule has 10 heteroatoms. The molecule has 0 aliphatic carbocycles. The number of likely N-dealkylation sites (tertiary alicyclic amines) is 1. The van der Waals surface area contributed by atoms with Crippen molar-refractivity contribution in [3.8, 4) is 0 Å². The Labute approximate surface area is 165 Å². The molecule has 148 valence electrons. The van der Waals surface area contributed by atoms with E-state index in [1.165, 1.54) is 23.0 Å². The third kappa shape index (κ3) is 3.75. The van der Waals surface area contributed by atoms with Gasteiger partial charge in [-0.25, -0.2) is 13.1 Å². The van der Waals surface area contributed by atoms with Crippen LogP contribution in [0.2, 0.25) is 0 Å². The van der Waals surface area contributed by atoms with E-state index < -0.39 is 10.0 Å². The van der Waals surface area contributed by atoms with Gasteiger partial charge in [0.15, 0.2) is 0 Å². The predicted molar refractivity (Wildman–Crippen MR) is 105 cm³/mol. The highest BCUT2D eigenvalue weighted by Crippen LogP contribution is 2.22. The Morgan fingerprint density at radius 3 is 2.71 bits per heavy atom. The van der Waals surface area contributed by atoms with E-state index in [0.29, 0.717) is 16.0 Å². The lowest BCUT2D eigenvalue weighted by molar-refractivity contribution is -0.130. The molecule has 1 aliphatic heterocycles. The number of furan rings is 1. The summed E-state index contributed by atoms with van der Waals surface area (Å²) in [5.74, 6) is 0.414. The number of hydrogen-bond donors (Lipinski definition) is 1. The maximum absolute atomic E-state index is 12.5. The van der Waals surface area contributed by atoms with Crippen molar-refractivity contribution in [3.05, 3.63) is 52.0 Å². The number of rotatable bonds is 6. The molecule has 3 aromatic rings. The minimum atomic E-state index is -3.76. The SMILES string of the molecule is O=C(Cn1c(=O)sc2cc(S(=O)(=O)NCc3ccco3)ccc21)N1CCCC1. The Balaban J connectivity index is 1.57. The molecule has 1 saturated heterocycles. The molecule has 0 atom stereocenters. The molecule has 2 aromatic heterocycles. The van der Waals surface area contributed by atoms with Gasteiger partial charge in [-0.05, 0) is 43.2 Å². The van der Waals surface area contributed by atoms with Crippen LogP contribution < -0.4 is 9.60 Å². The van der Waals surface area contributed by atoms with Crippen molar-refractivity contribution in [1.29, 1.82) is 0 Å². The standard InChI is InChI=1S/C18H19N3O5S2/c22-17(20-7-1-2-8-20)12-21-15-6-5-14(10-16(15)27-18(21)23)28(24,25)19-11-13-4-3-9-26-13/h3-6,9-10,19H,1-2,7-8,11-12H2. The second-order valence-electron chi connectivity index (χ2n) is 6.58. The van der Waals surface area contributed by atoms with Crippen LogP contribution in [-0.2, 0) is 27.9 Å². The molecule has 1 aliphatic rings. The Morgan fingerprint density at radius 1 is 1.21 bits per heavy atom. The Kier molecular flexibility index (Phi) is 5.09. The number of amides is 1. The third-order valence-electron chi connectivity index (χ3n) is 4.72. The molecule has 28 heavy (non-hydrogen) atoms. The number of hydrogen-bond acceptors (Lipinski definition) is 6. The lowest BCUT2D eigenvalue weighted by Gasteiger charge is -2.15. The van der Waals surface area contributed by atoms with Gasteiger partial charge in [-0.1, -0.05) is 11.3 Å². The second-order valence-corrected chi connectivity index (χ2v) is 9.34. The van der Waals surface area contributed by atoms with Gasteiger partial charge >= 0.3 is 4.87 Å². The minimum absolute atomic E-state index is 0.0261. The Bertz CT molecular complexity index is 1160. The van der Waals surface area contributed by atoms with Gasteiger partial charge < -0.3 is 9.32 Å². The molecule has 0 saturated carbocycles. The van der Waals surface area contributed by atoms with Crippen molar-refractivity contribution in [1.82, 2.24) is 14.2 Å². The average Bonchev–Trinajstić information content (AvgIpc) is 3.42. The van der Waals surface area contributed by atoms with Gasteiger partial charge in [0.05, 0.1) is 27.9 Å². The van der Waals surface area contributed by atoms with Gasteiger partial charge in [0.25, 0.3) is 0 Å². The zero-order chi connectivity index (χ0) is 19.7. The molecular weight excluding hydrogens is 402 g/mol. The summed E-state index contributed by atoms with van der Waals surface area (Å²) < 4.78 is 34.6. The molecule has 3 heterocycles. The van der Waals surface area contributed by atoms with Gasteiger partial charge in [-0.3, -0.25) is 14.2 Å². The van der Waals surface area contributed by atoms with Crippen LogP contribution in [0.25, 0.3) is 10.2 Å². The summed E-state index contributed by atoms with van der Waals surface area (Å²) in [6.45, 7) is 1.45. The molecular formula is C18H19N3O5S2. The van der Waals surface area contributed by atoms with Crippen molar-refractivity contribution >= 4 is 37.5 Å². The van der Waals surface area contributed by atoms with Gasteiger partial charge in [-0.15, -0.1) is 0 Å². The largest absolute Gasteiger partial charge is 0.468 e. The van der Waals surface area contributed by atoms with Crippen LogP contribution in [0.3, 0.4) is 0 Å². The van der Waals surface area contributed by atoms with Crippen LogP contribution in [0.15, 0.2) is 50.7 Å². The predicted octanol–water partition coefficient (Wildman–Crippen LogP) is 1.76. The van der Waals surface area contributed by atoms with Gasteiger partial charge in [0.1, 0.15) is 12.3 Å². The smallest absolute Gasteiger partial charge is 0.308 e. The maximum Gasteiger partial charge on any atom is 0.308 e. The van der Waals surface area contributed by atoms with Crippen molar-refractivity contribution in [3.63, 3.8) is 0 Å². The summed E-state index contributed by atoms with van der Waals surface area (Å²) in [5.41, 5.74) is 0.563. The van der Waals surface area contributed by atoms with E-state index in [1.807, 2.05) is 0 Å². The van der Waals surface area contributed by atoms with E-state index in [9.17, 15) is 18.0 Å². The van der Waals surface area contributed by atoms with E-state index in [4.69, 9.17) is 4.42 Å². The number of thiazole rings is 1. The number of sulfonamides is 1. The number of benzene rings is 1. The number of carbonyl (C=O) groups is 1. The van der Waals surface area contributed by atoms with Crippen LogP contribution >= 0.6 is 11.3 Å². The van der Waals surface area contributed by atoms with E-state index >= 15 is 0 Å². The highest BCUT2D eigenvalue weighted by atomic mass is 32.2. The number of fused-ring (bicyclic) bond motifs is 1. The molecule has 1 fully saturated rings. The van der Waals surface area contributed by atoms with Gasteiger partial charge in [-0.2, -0.15) is 0 Å². The number of carbonyl (C=O) groups excluding carboxylic acids is 1. The summed E-state index contributed by atoms with van der Waals surface area (Å²) in [6.07, 6.45) is 3.44. The first-order valence-electron chi connectivity index (χ1n) is 8.87. The first kappa shape index (κ1) is 18.9. The Morgan fingerprint density at radius 2 is 2.00 bits per heavy atom. The number of aromatic nitrogens is 1.